The topological polar surface area (TPSA) is 29.1 Å². The Hall–Kier alpha value is -0.830. The molecule has 1 aromatic heterocycles. The molecule has 20 heavy (non-hydrogen) atoms. The number of amides is 1. The largest absolute Gasteiger partial charge is 0.349 e. The minimum atomic E-state index is 0.171. The Bertz CT molecular complexity index is 519. The summed E-state index contributed by atoms with van der Waals surface area (Å²) < 4.78 is 0. The normalized spacial score (nSPS) is 38.2. The van der Waals surface area contributed by atoms with Crippen molar-refractivity contribution in [3.8, 4) is 0 Å². The summed E-state index contributed by atoms with van der Waals surface area (Å²) in [4.78, 5) is 15.0. The van der Waals surface area contributed by atoms with Crippen molar-refractivity contribution >= 4 is 17.2 Å². The SMILES string of the molecule is Cc1cc(C(=O)NC2C3CC4CC(C3)CC2C4)c(C)s1. The van der Waals surface area contributed by atoms with Gasteiger partial charge in [0.15, 0.2) is 0 Å². The highest BCUT2D eigenvalue weighted by Crippen LogP contribution is 2.53. The van der Waals surface area contributed by atoms with E-state index in [2.05, 4.69) is 19.2 Å². The minimum absolute atomic E-state index is 0.171. The molecule has 0 radical (unpaired) electrons. The Kier molecular flexibility index (Phi) is 2.95. The van der Waals surface area contributed by atoms with Crippen LogP contribution in [0, 0.1) is 37.5 Å². The number of aryl methyl sites for hydroxylation is 2. The zero-order valence-electron chi connectivity index (χ0n) is 12.3. The second-order valence-corrected chi connectivity index (χ2v) is 8.72. The first-order chi connectivity index (χ1) is 9.60. The fourth-order valence-electron chi connectivity index (χ4n) is 5.25. The predicted molar refractivity (Wildman–Crippen MR) is 82.1 cm³/mol. The number of hydrogen-bond acceptors (Lipinski definition) is 2. The molecule has 1 heterocycles. The Morgan fingerprint density at radius 3 is 2.20 bits per heavy atom. The molecule has 4 fully saturated rings. The van der Waals surface area contributed by atoms with Gasteiger partial charge in [-0.3, -0.25) is 4.79 Å². The summed E-state index contributed by atoms with van der Waals surface area (Å²) in [5, 5.41) is 3.40. The van der Waals surface area contributed by atoms with Crippen molar-refractivity contribution in [1.29, 1.82) is 0 Å². The average molecular weight is 289 g/mol. The molecule has 0 atom stereocenters. The van der Waals surface area contributed by atoms with Gasteiger partial charge in [-0.15, -0.1) is 11.3 Å². The number of hydrogen-bond donors (Lipinski definition) is 1. The van der Waals surface area contributed by atoms with Crippen LogP contribution in [0.2, 0.25) is 0 Å². The fraction of sp³-hybridized carbons (Fsp3) is 0.706. The van der Waals surface area contributed by atoms with Gasteiger partial charge in [0.2, 0.25) is 0 Å². The van der Waals surface area contributed by atoms with E-state index in [1.807, 2.05) is 6.07 Å². The molecule has 4 aliphatic carbocycles. The van der Waals surface area contributed by atoms with E-state index in [0.717, 1.165) is 34.1 Å². The maximum absolute atomic E-state index is 12.6. The van der Waals surface area contributed by atoms with Crippen molar-refractivity contribution in [2.45, 2.75) is 52.0 Å². The third kappa shape index (κ3) is 2.02. The molecule has 0 saturated heterocycles. The number of thiophene rings is 1. The molecular formula is C17H23NOS. The molecule has 5 rings (SSSR count). The van der Waals surface area contributed by atoms with Crippen molar-refractivity contribution in [3.05, 3.63) is 21.4 Å². The molecule has 0 aromatic carbocycles. The summed E-state index contributed by atoms with van der Waals surface area (Å²) in [7, 11) is 0. The molecule has 1 amide bonds. The summed E-state index contributed by atoms with van der Waals surface area (Å²) >= 11 is 1.73. The molecular weight excluding hydrogens is 266 g/mol. The van der Waals surface area contributed by atoms with Gasteiger partial charge in [-0.25, -0.2) is 0 Å². The van der Waals surface area contributed by atoms with Crippen molar-refractivity contribution in [3.63, 3.8) is 0 Å². The summed E-state index contributed by atoms with van der Waals surface area (Å²) in [6.07, 6.45) is 6.91. The first kappa shape index (κ1) is 12.9. The summed E-state index contributed by atoms with van der Waals surface area (Å²) in [6.45, 7) is 4.14. The van der Waals surface area contributed by atoms with Gasteiger partial charge in [0.05, 0.1) is 5.56 Å². The molecule has 0 aliphatic heterocycles. The van der Waals surface area contributed by atoms with Gasteiger partial charge in [-0.2, -0.15) is 0 Å². The number of nitrogens with one attached hydrogen (secondary N) is 1. The Balaban J connectivity index is 1.52. The maximum atomic E-state index is 12.6. The molecule has 4 aliphatic rings. The zero-order chi connectivity index (χ0) is 13.9. The highest BCUT2D eigenvalue weighted by Gasteiger charge is 2.48. The Labute approximate surface area is 125 Å². The van der Waals surface area contributed by atoms with Crippen molar-refractivity contribution in [1.82, 2.24) is 5.32 Å². The van der Waals surface area contributed by atoms with E-state index in [1.54, 1.807) is 11.3 Å². The quantitative estimate of drug-likeness (QED) is 0.878. The van der Waals surface area contributed by atoms with Crippen LogP contribution >= 0.6 is 11.3 Å². The Morgan fingerprint density at radius 1 is 1.10 bits per heavy atom. The first-order valence-corrected chi connectivity index (χ1v) is 8.79. The van der Waals surface area contributed by atoms with Crippen LogP contribution in [0.15, 0.2) is 6.07 Å². The second kappa shape index (κ2) is 4.59. The fourth-order valence-corrected chi connectivity index (χ4v) is 6.17. The lowest BCUT2D eigenvalue weighted by Crippen LogP contribution is -2.55. The van der Waals surface area contributed by atoms with Crippen molar-refractivity contribution in [2.75, 3.05) is 0 Å². The van der Waals surface area contributed by atoms with Crippen LogP contribution in [0.3, 0.4) is 0 Å². The predicted octanol–water partition coefficient (Wildman–Crippen LogP) is 3.92. The molecule has 2 nitrogen and oxygen atoms in total. The van der Waals surface area contributed by atoms with E-state index < -0.39 is 0 Å². The monoisotopic (exact) mass is 289 g/mol. The molecule has 0 spiro atoms. The third-order valence-corrected chi connectivity index (χ3v) is 6.78. The van der Waals surface area contributed by atoms with Crippen LogP contribution < -0.4 is 5.32 Å². The first-order valence-electron chi connectivity index (χ1n) is 7.98. The van der Waals surface area contributed by atoms with E-state index in [-0.39, 0.29) is 5.91 Å². The van der Waals surface area contributed by atoms with E-state index in [1.165, 1.54) is 37.0 Å². The van der Waals surface area contributed by atoms with Crippen LogP contribution in [0.25, 0.3) is 0 Å². The van der Waals surface area contributed by atoms with Gasteiger partial charge in [0, 0.05) is 15.8 Å². The van der Waals surface area contributed by atoms with Crippen LogP contribution in [0.5, 0.6) is 0 Å². The van der Waals surface area contributed by atoms with Gasteiger partial charge in [-0.1, -0.05) is 0 Å². The van der Waals surface area contributed by atoms with Crippen LogP contribution in [0.1, 0.15) is 52.2 Å². The maximum Gasteiger partial charge on any atom is 0.252 e. The third-order valence-electron chi connectivity index (χ3n) is 5.81. The van der Waals surface area contributed by atoms with Crippen LogP contribution in [-0.4, -0.2) is 11.9 Å². The standard InChI is InChI=1S/C17H23NOS/c1-9-3-15(10(2)20-9)17(19)18-16-13-5-11-4-12(7-13)8-14(16)6-11/h3,11-14,16H,4-8H2,1-2H3,(H,18,19). The molecule has 4 saturated carbocycles. The van der Waals surface area contributed by atoms with E-state index in [9.17, 15) is 4.79 Å². The lowest BCUT2D eigenvalue weighted by atomic mass is 9.54. The van der Waals surface area contributed by atoms with E-state index >= 15 is 0 Å². The number of carbonyl (C=O) groups excluding carboxylic acids is 1. The summed E-state index contributed by atoms with van der Waals surface area (Å²) in [6, 6.07) is 2.50. The molecule has 1 N–H and O–H groups in total. The number of rotatable bonds is 2. The molecule has 3 heteroatoms. The molecule has 4 bridgehead atoms. The van der Waals surface area contributed by atoms with Crippen molar-refractivity contribution < 1.29 is 4.79 Å². The lowest BCUT2D eigenvalue weighted by Gasteiger charge is -2.54. The van der Waals surface area contributed by atoms with E-state index in [4.69, 9.17) is 0 Å². The average Bonchev–Trinajstić information content (AvgIpc) is 2.72. The lowest BCUT2D eigenvalue weighted by molar-refractivity contribution is -0.0119. The van der Waals surface area contributed by atoms with Gasteiger partial charge < -0.3 is 5.32 Å². The zero-order valence-corrected chi connectivity index (χ0v) is 13.1. The second-order valence-electron chi connectivity index (χ2n) is 7.26. The molecule has 108 valence electrons. The summed E-state index contributed by atoms with van der Waals surface area (Å²) in [5.74, 6) is 3.63. The smallest absolute Gasteiger partial charge is 0.252 e. The molecule has 1 aromatic rings. The van der Waals surface area contributed by atoms with Crippen LogP contribution in [0.4, 0.5) is 0 Å². The van der Waals surface area contributed by atoms with Gasteiger partial charge >= 0.3 is 0 Å². The van der Waals surface area contributed by atoms with Gasteiger partial charge in [0.1, 0.15) is 0 Å². The summed E-state index contributed by atoms with van der Waals surface area (Å²) in [5.41, 5.74) is 0.904. The highest BCUT2D eigenvalue weighted by atomic mass is 32.1. The van der Waals surface area contributed by atoms with E-state index in [0.29, 0.717) is 6.04 Å². The van der Waals surface area contributed by atoms with Crippen LogP contribution in [-0.2, 0) is 0 Å². The van der Waals surface area contributed by atoms with Gasteiger partial charge in [0.25, 0.3) is 5.91 Å². The number of carbonyl (C=O) groups is 1. The van der Waals surface area contributed by atoms with Crippen molar-refractivity contribution in [2.24, 2.45) is 23.7 Å². The Morgan fingerprint density at radius 2 is 1.70 bits per heavy atom. The van der Waals surface area contributed by atoms with Gasteiger partial charge in [-0.05, 0) is 75.7 Å². The minimum Gasteiger partial charge on any atom is -0.349 e. The highest BCUT2D eigenvalue weighted by molar-refractivity contribution is 7.12. The molecule has 0 unspecified atom stereocenters.